The summed E-state index contributed by atoms with van der Waals surface area (Å²) in [7, 11) is 0. The monoisotopic (exact) mass is 258 g/mol. The molecule has 2 unspecified atom stereocenters. The molecule has 0 aliphatic rings. The average Bonchev–Trinajstić information content (AvgIpc) is 2.25. The molecule has 0 amide bonds. The van der Waals surface area contributed by atoms with Crippen molar-refractivity contribution in [3.63, 3.8) is 0 Å². The van der Waals surface area contributed by atoms with E-state index in [1.807, 2.05) is 32.9 Å². The summed E-state index contributed by atoms with van der Waals surface area (Å²) in [4.78, 5) is 0. The molecule has 0 aliphatic carbocycles. The number of hydrogen-bond acceptors (Lipinski definition) is 3. The molecule has 0 saturated carbocycles. The first-order valence-corrected chi connectivity index (χ1v) is 6.94. The van der Waals surface area contributed by atoms with E-state index in [9.17, 15) is 10.2 Å². The predicted octanol–water partition coefficient (Wildman–Crippen LogP) is 2.91. The molecule has 2 atom stereocenters. The Labute approximate surface area is 112 Å². The van der Waals surface area contributed by atoms with Crippen molar-refractivity contribution in [1.29, 1.82) is 0 Å². The summed E-state index contributed by atoms with van der Waals surface area (Å²) in [5.74, 6) is 0.474. The Morgan fingerprint density at radius 3 is 2.28 bits per heavy atom. The van der Waals surface area contributed by atoms with Crippen LogP contribution in [0.3, 0.4) is 0 Å². The second kappa shape index (κ2) is 8.68. The molecule has 0 aromatic rings. The van der Waals surface area contributed by atoms with Gasteiger partial charge in [0.2, 0.25) is 0 Å². The SMILES string of the molecule is CCC(O)C/C=C\C(C)(C)OCC(O)CC(C)C. The van der Waals surface area contributed by atoms with E-state index in [-0.39, 0.29) is 6.10 Å². The van der Waals surface area contributed by atoms with Gasteiger partial charge in [-0.2, -0.15) is 0 Å². The van der Waals surface area contributed by atoms with Crippen molar-refractivity contribution in [3.05, 3.63) is 12.2 Å². The minimum absolute atomic E-state index is 0.274. The van der Waals surface area contributed by atoms with Gasteiger partial charge in [0.05, 0.1) is 24.4 Å². The Kier molecular flexibility index (Phi) is 8.49. The van der Waals surface area contributed by atoms with E-state index < -0.39 is 11.7 Å². The summed E-state index contributed by atoms with van der Waals surface area (Å²) < 4.78 is 5.69. The maximum absolute atomic E-state index is 9.75. The quantitative estimate of drug-likeness (QED) is 0.625. The van der Waals surface area contributed by atoms with Gasteiger partial charge in [0.1, 0.15) is 0 Å². The van der Waals surface area contributed by atoms with Crippen LogP contribution in [-0.4, -0.2) is 34.6 Å². The zero-order chi connectivity index (χ0) is 14.2. The van der Waals surface area contributed by atoms with Gasteiger partial charge in [-0.15, -0.1) is 0 Å². The van der Waals surface area contributed by atoms with Gasteiger partial charge >= 0.3 is 0 Å². The molecule has 3 heteroatoms. The Balaban J connectivity index is 3.99. The van der Waals surface area contributed by atoms with Crippen molar-refractivity contribution in [2.45, 2.75) is 71.7 Å². The molecule has 0 aromatic heterocycles. The van der Waals surface area contributed by atoms with Gasteiger partial charge in [-0.1, -0.05) is 32.9 Å². The van der Waals surface area contributed by atoms with Crippen molar-refractivity contribution in [2.24, 2.45) is 5.92 Å². The Bertz CT molecular complexity index is 234. The fraction of sp³-hybridized carbons (Fsp3) is 0.867. The third-order valence-electron chi connectivity index (χ3n) is 2.79. The van der Waals surface area contributed by atoms with Gasteiger partial charge in [-0.3, -0.25) is 0 Å². The summed E-state index contributed by atoms with van der Waals surface area (Å²) in [6, 6.07) is 0. The lowest BCUT2D eigenvalue weighted by Crippen LogP contribution is -2.28. The highest BCUT2D eigenvalue weighted by Gasteiger charge is 2.17. The van der Waals surface area contributed by atoms with Gasteiger partial charge < -0.3 is 14.9 Å². The minimum atomic E-state index is -0.404. The average molecular weight is 258 g/mol. The molecule has 0 radical (unpaired) electrons. The van der Waals surface area contributed by atoms with Crippen molar-refractivity contribution in [3.8, 4) is 0 Å². The summed E-state index contributed by atoms with van der Waals surface area (Å²) in [6.07, 6.45) is 5.39. The summed E-state index contributed by atoms with van der Waals surface area (Å²) in [5, 5.41) is 19.2. The lowest BCUT2D eigenvalue weighted by atomic mass is 10.1. The zero-order valence-electron chi connectivity index (χ0n) is 12.5. The first-order chi connectivity index (χ1) is 8.26. The van der Waals surface area contributed by atoms with Crippen molar-refractivity contribution in [2.75, 3.05) is 6.61 Å². The molecule has 2 N–H and O–H groups in total. The van der Waals surface area contributed by atoms with Crippen LogP contribution in [0.1, 0.15) is 53.9 Å². The van der Waals surface area contributed by atoms with Crippen LogP contribution < -0.4 is 0 Å². The summed E-state index contributed by atoms with van der Waals surface area (Å²) in [6.45, 7) is 10.4. The van der Waals surface area contributed by atoms with Gasteiger partial charge in [-0.25, -0.2) is 0 Å². The van der Waals surface area contributed by atoms with E-state index >= 15 is 0 Å². The largest absolute Gasteiger partial charge is 0.393 e. The maximum atomic E-state index is 9.75. The van der Waals surface area contributed by atoms with Gasteiger partial charge in [-0.05, 0) is 39.0 Å². The highest BCUT2D eigenvalue weighted by Crippen LogP contribution is 2.14. The van der Waals surface area contributed by atoms with E-state index in [4.69, 9.17) is 4.74 Å². The molecule has 0 bridgehead atoms. The Morgan fingerprint density at radius 1 is 1.17 bits per heavy atom. The van der Waals surface area contributed by atoms with Crippen LogP contribution in [0.5, 0.6) is 0 Å². The molecule has 0 aromatic carbocycles. The van der Waals surface area contributed by atoms with Crippen LogP contribution in [0.4, 0.5) is 0 Å². The summed E-state index contributed by atoms with van der Waals surface area (Å²) in [5.41, 5.74) is -0.397. The number of aliphatic hydroxyl groups is 2. The minimum Gasteiger partial charge on any atom is -0.393 e. The van der Waals surface area contributed by atoms with E-state index in [0.29, 0.717) is 18.9 Å². The molecule has 0 spiro atoms. The normalized spacial score (nSPS) is 16.4. The molecule has 0 fully saturated rings. The molecule has 0 rings (SSSR count). The van der Waals surface area contributed by atoms with E-state index in [0.717, 1.165) is 12.8 Å². The third-order valence-corrected chi connectivity index (χ3v) is 2.79. The second-order valence-electron chi connectivity index (χ2n) is 5.90. The molecule has 18 heavy (non-hydrogen) atoms. The number of aliphatic hydroxyl groups excluding tert-OH is 2. The highest BCUT2D eigenvalue weighted by molar-refractivity contribution is 4.97. The fourth-order valence-electron chi connectivity index (χ4n) is 1.65. The van der Waals surface area contributed by atoms with E-state index in [1.54, 1.807) is 0 Å². The molecule has 0 aliphatic heterocycles. The molecule has 108 valence electrons. The second-order valence-corrected chi connectivity index (χ2v) is 5.90. The Morgan fingerprint density at radius 2 is 1.78 bits per heavy atom. The lowest BCUT2D eigenvalue weighted by molar-refractivity contribution is -0.0382. The Hall–Kier alpha value is -0.380. The molecular formula is C15H30O3. The van der Waals surface area contributed by atoms with E-state index in [1.165, 1.54) is 0 Å². The van der Waals surface area contributed by atoms with Crippen LogP contribution in [-0.2, 0) is 4.74 Å². The summed E-state index contributed by atoms with van der Waals surface area (Å²) >= 11 is 0. The molecule has 0 heterocycles. The highest BCUT2D eigenvalue weighted by atomic mass is 16.5. The lowest BCUT2D eigenvalue weighted by Gasteiger charge is -2.24. The molecule has 3 nitrogen and oxygen atoms in total. The third kappa shape index (κ3) is 9.63. The molecule has 0 saturated heterocycles. The van der Waals surface area contributed by atoms with Crippen LogP contribution in [0.15, 0.2) is 12.2 Å². The van der Waals surface area contributed by atoms with Crippen molar-refractivity contribution in [1.82, 2.24) is 0 Å². The van der Waals surface area contributed by atoms with Crippen LogP contribution in [0.25, 0.3) is 0 Å². The number of rotatable bonds is 9. The predicted molar refractivity (Wildman–Crippen MR) is 75.5 cm³/mol. The first-order valence-electron chi connectivity index (χ1n) is 6.94. The first kappa shape index (κ1) is 17.6. The fourth-order valence-corrected chi connectivity index (χ4v) is 1.65. The standard InChI is InChI=1S/C15H30O3/c1-6-13(16)8-7-9-15(4,5)18-11-14(17)10-12(2)3/h7,9,12-14,16-17H,6,8,10-11H2,1-5H3/b9-7-. The van der Waals surface area contributed by atoms with Crippen molar-refractivity contribution >= 4 is 0 Å². The number of hydrogen-bond donors (Lipinski definition) is 2. The topological polar surface area (TPSA) is 49.7 Å². The van der Waals surface area contributed by atoms with E-state index in [2.05, 4.69) is 13.8 Å². The zero-order valence-corrected chi connectivity index (χ0v) is 12.5. The molecular weight excluding hydrogens is 228 g/mol. The van der Waals surface area contributed by atoms with Gasteiger partial charge in [0.15, 0.2) is 0 Å². The van der Waals surface area contributed by atoms with Gasteiger partial charge in [0, 0.05) is 0 Å². The van der Waals surface area contributed by atoms with Gasteiger partial charge in [0.25, 0.3) is 0 Å². The number of ether oxygens (including phenoxy) is 1. The van der Waals surface area contributed by atoms with Crippen LogP contribution in [0.2, 0.25) is 0 Å². The van der Waals surface area contributed by atoms with Crippen LogP contribution >= 0.6 is 0 Å². The van der Waals surface area contributed by atoms with Crippen molar-refractivity contribution < 1.29 is 14.9 Å². The smallest absolute Gasteiger partial charge is 0.0807 e. The maximum Gasteiger partial charge on any atom is 0.0807 e. The van der Waals surface area contributed by atoms with Crippen LogP contribution in [0, 0.1) is 5.92 Å².